The van der Waals surface area contributed by atoms with Crippen LogP contribution in [-0.2, 0) is 0 Å². The lowest BCUT2D eigenvalue weighted by Gasteiger charge is -2.12. The topological polar surface area (TPSA) is 112 Å². The number of aromatic nitrogens is 5. The molecule has 7 aromatic carbocycles. The van der Waals surface area contributed by atoms with Crippen LogP contribution in [0.25, 0.3) is 90.0 Å². The molecule has 0 aliphatic heterocycles. The van der Waals surface area contributed by atoms with Crippen molar-refractivity contribution in [2.75, 3.05) is 0 Å². The monoisotopic (exact) mass is 715 g/mol. The van der Waals surface area contributed by atoms with E-state index in [1.165, 1.54) is 0 Å². The second kappa shape index (κ2) is 14.7. The van der Waals surface area contributed by atoms with Crippen molar-refractivity contribution < 1.29 is 0 Å². The Balaban J connectivity index is 1.08. The summed E-state index contributed by atoms with van der Waals surface area (Å²) in [6, 6.07) is 61.8. The van der Waals surface area contributed by atoms with Crippen molar-refractivity contribution in [3.05, 3.63) is 187 Å². The van der Waals surface area contributed by atoms with E-state index in [0.29, 0.717) is 51.1 Å². The normalized spacial score (nSPS) is 10.8. The Labute approximate surface area is 323 Å². The van der Waals surface area contributed by atoms with E-state index in [0.717, 1.165) is 50.0 Å². The highest BCUT2D eigenvalue weighted by atomic mass is 15.0. The molecule has 0 atom stereocenters. The molecule has 0 spiro atoms. The van der Waals surface area contributed by atoms with Crippen LogP contribution in [0.1, 0.15) is 11.1 Å². The van der Waals surface area contributed by atoms with Crippen molar-refractivity contribution in [2.45, 2.75) is 0 Å². The highest BCUT2D eigenvalue weighted by Gasteiger charge is 2.17. The first-order valence-corrected chi connectivity index (χ1v) is 18.0. The lowest BCUT2D eigenvalue weighted by Crippen LogP contribution is -2.00. The molecule has 2 aromatic heterocycles. The van der Waals surface area contributed by atoms with Crippen molar-refractivity contribution in [2.24, 2.45) is 0 Å². The maximum atomic E-state index is 10.4. The third-order valence-electron chi connectivity index (χ3n) is 9.60. The molecule has 0 radical (unpaired) electrons. The number of nitrogens with zero attached hydrogens (tertiary/aromatic N) is 7. The molecular formula is C49H29N7. The number of rotatable bonds is 7. The Kier molecular flexibility index (Phi) is 8.85. The summed E-state index contributed by atoms with van der Waals surface area (Å²) in [6.07, 6.45) is 0. The Morgan fingerprint density at radius 2 is 0.839 bits per heavy atom. The molecule has 0 saturated heterocycles. The van der Waals surface area contributed by atoms with E-state index in [1.807, 2.05) is 152 Å². The average Bonchev–Trinajstić information content (AvgIpc) is 3.29. The molecule has 56 heavy (non-hydrogen) atoms. The predicted molar refractivity (Wildman–Crippen MR) is 220 cm³/mol. The first-order chi connectivity index (χ1) is 27.6. The summed E-state index contributed by atoms with van der Waals surface area (Å²) < 4.78 is 0. The summed E-state index contributed by atoms with van der Waals surface area (Å²) in [7, 11) is 0. The SMILES string of the molecule is N#Cc1cc(-c2nc(-c3ccccc3)nc(-c3ccccc3)n2)cc(-c2ccc(-c3ccc(-c4nc(-c5ccccc5)nc5ccccc45)cc3)cc2C#N)c1. The summed E-state index contributed by atoms with van der Waals surface area (Å²) in [4.78, 5) is 24.4. The predicted octanol–water partition coefficient (Wildman–Crippen LogP) is 11.2. The number of para-hydroxylation sites is 1. The maximum absolute atomic E-state index is 10.4. The maximum Gasteiger partial charge on any atom is 0.164 e. The number of fused-ring (bicyclic) bond motifs is 1. The molecule has 2 heterocycles. The zero-order valence-electron chi connectivity index (χ0n) is 29.9. The Hall–Kier alpha value is -8.13. The van der Waals surface area contributed by atoms with Crippen LogP contribution in [0.15, 0.2) is 176 Å². The zero-order valence-corrected chi connectivity index (χ0v) is 29.9. The van der Waals surface area contributed by atoms with Crippen LogP contribution in [-0.4, -0.2) is 24.9 Å². The van der Waals surface area contributed by atoms with Gasteiger partial charge in [0.15, 0.2) is 23.3 Å². The average molecular weight is 716 g/mol. The molecule has 0 N–H and O–H groups in total. The molecule has 0 aliphatic rings. The molecule has 7 heteroatoms. The molecular weight excluding hydrogens is 687 g/mol. The van der Waals surface area contributed by atoms with Gasteiger partial charge in [-0.3, -0.25) is 0 Å². The third-order valence-corrected chi connectivity index (χ3v) is 9.60. The van der Waals surface area contributed by atoms with Gasteiger partial charge in [0.05, 0.1) is 34.5 Å². The van der Waals surface area contributed by atoms with Crippen LogP contribution in [0.5, 0.6) is 0 Å². The zero-order chi connectivity index (χ0) is 37.8. The van der Waals surface area contributed by atoms with Gasteiger partial charge in [-0.25, -0.2) is 24.9 Å². The van der Waals surface area contributed by atoms with E-state index < -0.39 is 0 Å². The number of nitriles is 2. The molecule has 9 rings (SSSR count). The minimum atomic E-state index is 0.427. The van der Waals surface area contributed by atoms with Gasteiger partial charge in [-0.1, -0.05) is 146 Å². The first kappa shape index (κ1) is 33.7. The van der Waals surface area contributed by atoms with Crippen molar-refractivity contribution >= 4 is 10.9 Å². The van der Waals surface area contributed by atoms with Crippen LogP contribution in [0.2, 0.25) is 0 Å². The van der Waals surface area contributed by atoms with Gasteiger partial charge in [0.25, 0.3) is 0 Å². The first-order valence-electron chi connectivity index (χ1n) is 18.0. The van der Waals surface area contributed by atoms with Gasteiger partial charge in [0, 0.05) is 33.2 Å². The van der Waals surface area contributed by atoms with Gasteiger partial charge in [-0.15, -0.1) is 0 Å². The van der Waals surface area contributed by atoms with Crippen LogP contribution >= 0.6 is 0 Å². The van der Waals surface area contributed by atoms with Crippen molar-refractivity contribution in [1.82, 2.24) is 24.9 Å². The Morgan fingerprint density at radius 3 is 1.43 bits per heavy atom. The highest BCUT2D eigenvalue weighted by molar-refractivity contribution is 5.94. The Bertz CT molecular complexity index is 2910. The molecule has 0 unspecified atom stereocenters. The van der Waals surface area contributed by atoms with Gasteiger partial charge in [0.1, 0.15) is 0 Å². The summed E-state index contributed by atoms with van der Waals surface area (Å²) in [5.74, 6) is 2.15. The Morgan fingerprint density at radius 1 is 0.339 bits per heavy atom. The third kappa shape index (κ3) is 6.65. The number of hydrogen-bond acceptors (Lipinski definition) is 7. The molecule has 0 aliphatic carbocycles. The van der Waals surface area contributed by atoms with E-state index in [2.05, 4.69) is 24.3 Å². The summed E-state index contributed by atoms with van der Waals surface area (Å²) in [5, 5.41) is 21.5. The van der Waals surface area contributed by atoms with E-state index in [4.69, 9.17) is 24.9 Å². The molecule has 260 valence electrons. The molecule has 7 nitrogen and oxygen atoms in total. The van der Waals surface area contributed by atoms with E-state index in [9.17, 15) is 10.5 Å². The largest absolute Gasteiger partial charge is 0.228 e. The lowest BCUT2D eigenvalue weighted by atomic mass is 9.93. The standard InChI is InChI=1S/C49H29N7/c50-30-32-26-39(29-40(27-32)49-55-47(36-14-6-2-7-15-36)54-48(56-49)37-16-8-3-9-17-37)42-25-24-38(28-41(42)31-51)33-20-22-34(23-21-33)45-43-18-10-11-19-44(43)52-46(53-45)35-12-4-1-5-13-35/h1-29H. The van der Waals surface area contributed by atoms with E-state index >= 15 is 0 Å². The molecule has 0 bridgehead atoms. The van der Waals surface area contributed by atoms with Gasteiger partial charge in [-0.05, 0) is 52.6 Å². The second-order valence-electron chi connectivity index (χ2n) is 13.2. The van der Waals surface area contributed by atoms with Gasteiger partial charge < -0.3 is 0 Å². The highest BCUT2D eigenvalue weighted by Crippen LogP contribution is 2.35. The van der Waals surface area contributed by atoms with Crippen LogP contribution in [0.3, 0.4) is 0 Å². The minimum absolute atomic E-state index is 0.427. The quantitative estimate of drug-likeness (QED) is 0.161. The smallest absolute Gasteiger partial charge is 0.164 e. The summed E-state index contributed by atoms with van der Waals surface area (Å²) in [5.41, 5.74) is 10.2. The van der Waals surface area contributed by atoms with Crippen molar-refractivity contribution in [3.8, 4) is 91.2 Å². The molecule has 0 saturated carbocycles. The van der Waals surface area contributed by atoms with Crippen LogP contribution < -0.4 is 0 Å². The lowest BCUT2D eigenvalue weighted by molar-refractivity contribution is 1.07. The van der Waals surface area contributed by atoms with Crippen LogP contribution in [0, 0.1) is 22.7 Å². The molecule has 0 fully saturated rings. The number of benzene rings is 7. The van der Waals surface area contributed by atoms with E-state index in [1.54, 1.807) is 12.1 Å². The van der Waals surface area contributed by atoms with Gasteiger partial charge in [0.2, 0.25) is 0 Å². The fourth-order valence-electron chi connectivity index (χ4n) is 6.82. The van der Waals surface area contributed by atoms with E-state index in [-0.39, 0.29) is 0 Å². The molecule has 0 amide bonds. The van der Waals surface area contributed by atoms with Crippen molar-refractivity contribution in [1.29, 1.82) is 10.5 Å². The number of hydrogen-bond donors (Lipinski definition) is 0. The summed E-state index contributed by atoms with van der Waals surface area (Å²) >= 11 is 0. The fourth-order valence-corrected chi connectivity index (χ4v) is 6.82. The van der Waals surface area contributed by atoms with Gasteiger partial charge >= 0.3 is 0 Å². The fraction of sp³-hybridized carbons (Fsp3) is 0. The van der Waals surface area contributed by atoms with Gasteiger partial charge in [-0.2, -0.15) is 10.5 Å². The summed E-state index contributed by atoms with van der Waals surface area (Å²) in [6.45, 7) is 0. The van der Waals surface area contributed by atoms with Crippen molar-refractivity contribution in [3.63, 3.8) is 0 Å². The minimum Gasteiger partial charge on any atom is -0.228 e. The second-order valence-corrected chi connectivity index (χ2v) is 13.2. The molecule has 9 aromatic rings. The van der Waals surface area contributed by atoms with Crippen LogP contribution in [0.4, 0.5) is 0 Å².